The topological polar surface area (TPSA) is 48.0 Å². The molecule has 5 heteroatoms. The molecule has 0 aromatic heterocycles. The Balaban J connectivity index is 1.33. The van der Waals surface area contributed by atoms with Crippen LogP contribution in [0.25, 0.3) is 0 Å². The summed E-state index contributed by atoms with van der Waals surface area (Å²) in [7, 11) is 3.31. The number of piperidine rings is 1. The van der Waals surface area contributed by atoms with Gasteiger partial charge in [0.15, 0.2) is 11.5 Å². The summed E-state index contributed by atoms with van der Waals surface area (Å²) in [5.41, 5.74) is 0.802. The third-order valence-corrected chi connectivity index (χ3v) is 8.38. The number of nitrogens with zero attached hydrogens (tertiary/aromatic N) is 1. The molecule has 29 heavy (non-hydrogen) atoms. The van der Waals surface area contributed by atoms with E-state index in [2.05, 4.69) is 23.1 Å². The maximum Gasteiger partial charge on any atom is 0.225 e. The van der Waals surface area contributed by atoms with E-state index < -0.39 is 0 Å². The minimum atomic E-state index is -0.356. The summed E-state index contributed by atoms with van der Waals surface area (Å²) in [6.07, 6.45) is 9.78. The molecule has 1 aromatic rings. The Morgan fingerprint density at radius 2 is 1.97 bits per heavy atom. The van der Waals surface area contributed by atoms with Crippen LogP contribution in [0, 0.1) is 29.6 Å². The van der Waals surface area contributed by atoms with E-state index in [-0.39, 0.29) is 17.7 Å². The zero-order chi connectivity index (χ0) is 19.8. The van der Waals surface area contributed by atoms with Gasteiger partial charge in [-0.15, -0.1) is 0 Å². The number of rotatable bonds is 4. The van der Waals surface area contributed by atoms with Gasteiger partial charge in [0.25, 0.3) is 0 Å². The van der Waals surface area contributed by atoms with Crippen molar-refractivity contribution in [2.24, 2.45) is 29.6 Å². The molecule has 2 saturated carbocycles. The lowest BCUT2D eigenvalue weighted by molar-refractivity contribution is -0.185. The van der Waals surface area contributed by atoms with Gasteiger partial charge in [0.05, 0.1) is 26.9 Å². The number of amides is 1. The number of benzene rings is 1. The summed E-state index contributed by atoms with van der Waals surface area (Å²) in [6.45, 7) is 0.640. The van der Waals surface area contributed by atoms with Crippen molar-refractivity contribution < 1.29 is 19.0 Å². The fourth-order valence-corrected chi connectivity index (χ4v) is 7.43. The smallest absolute Gasteiger partial charge is 0.225 e. The number of hydrogen-bond donors (Lipinski definition) is 0. The van der Waals surface area contributed by atoms with Gasteiger partial charge in [-0.3, -0.25) is 4.79 Å². The van der Waals surface area contributed by atoms with Gasteiger partial charge in [-0.2, -0.15) is 0 Å². The van der Waals surface area contributed by atoms with Crippen molar-refractivity contribution in [3.05, 3.63) is 35.9 Å². The van der Waals surface area contributed by atoms with E-state index in [0.717, 1.165) is 29.9 Å². The van der Waals surface area contributed by atoms with Crippen LogP contribution in [0.3, 0.4) is 0 Å². The second kappa shape index (κ2) is 6.24. The van der Waals surface area contributed by atoms with Crippen molar-refractivity contribution >= 4 is 5.91 Å². The van der Waals surface area contributed by atoms with Gasteiger partial charge in [0.2, 0.25) is 5.91 Å². The number of carbonyl (C=O) groups excluding carboxylic acids is 1. The Bertz CT molecular complexity index is 882. The Morgan fingerprint density at radius 3 is 2.79 bits per heavy atom. The minimum Gasteiger partial charge on any atom is -0.493 e. The van der Waals surface area contributed by atoms with Crippen molar-refractivity contribution in [2.75, 3.05) is 20.8 Å². The van der Waals surface area contributed by atoms with E-state index in [1.54, 1.807) is 14.2 Å². The van der Waals surface area contributed by atoms with Gasteiger partial charge in [-0.1, -0.05) is 18.2 Å². The van der Waals surface area contributed by atoms with E-state index in [1.165, 1.54) is 12.8 Å². The molecular formula is C24H29NO4. The third-order valence-electron chi connectivity index (χ3n) is 8.38. The first kappa shape index (κ1) is 17.8. The van der Waals surface area contributed by atoms with Gasteiger partial charge in [-0.25, -0.2) is 0 Å². The summed E-state index contributed by atoms with van der Waals surface area (Å²) < 4.78 is 17.6. The lowest BCUT2D eigenvalue weighted by Gasteiger charge is -2.48. The van der Waals surface area contributed by atoms with Crippen LogP contribution in [0.2, 0.25) is 0 Å². The minimum absolute atomic E-state index is 0.102. The van der Waals surface area contributed by atoms with Crippen LogP contribution in [0.4, 0.5) is 0 Å². The molecule has 1 amide bonds. The molecule has 2 saturated heterocycles. The van der Waals surface area contributed by atoms with Crippen molar-refractivity contribution in [3.8, 4) is 11.5 Å². The summed E-state index contributed by atoms with van der Waals surface area (Å²) in [5, 5.41) is 0. The van der Waals surface area contributed by atoms with Crippen molar-refractivity contribution in [2.45, 2.75) is 43.9 Å². The number of ether oxygens (including phenoxy) is 3. The molecule has 0 radical (unpaired) electrons. The summed E-state index contributed by atoms with van der Waals surface area (Å²) in [6, 6.07) is 6.17. The normalized spacial score (nSPS) is 41.4. The standard InChI is InChI=1S/C24H29NO4/c1-27-20-7-3-14(10-21(20)28-2)9-18-13-29-24-17(6-8-22(26)25(18)24)12-19-15-4-5-16(11-15)23(19)24/h3-5,7,10,15-19,23H,6,8-9,11-13H2,1-2H3/t15-,16+,17-,18+,19-,23+,24+/m1/s1. The third kappa shape index (κ3) is 2.28. The lowest BCUT2D eigenvalue weighted by atomic mass is 9.78. The molecule has 2 bridgehead atoms. The Hall–Kier alpha value is -2.01. The molecule has 3 aliphatic carbocycles. The highest BCUT2D eigenvalue weighted by atomic mass is 16.5. The molecule has 5 nitrogen and oxygen atoms in total. The fraction of sp³-hybridized carbons (Fsp3) is 0.625. The summed E-state index contributed by atoms with van der Waals surface area (Å²) in [5.74, 6) is 4.73. The molecule has 0 unspecified atom stereocenters. The van der Waals surface area contributed by atoms with Crippen molar-refractivity contribution in [3.63, 3.8) is 0 Å². The van der Waals surface area contributed by atoms with Crippen LogP contribution in [-0.2, 0) is 16.0 Å². The molecule has 2 aliphatic heterocycles. The average Bonchev–Trinajstić information content (AvgIpc) is 3.49. The highest BCUT2D eigenvalue weighted by Crippen LogP contribution is 2.66. The van der Waals surface area contributed by atoms with Crippen LogP contribution in [-0.4, -0.2) is 43.4 Å². The van der Waals surface area contributed by atoms with Crippen LogP contribution >= 0.6 is 0 Å². The summed E-state index contributed by atoms with van der Waals surface area (Å²) in [4.78, 5) is 15.4. The Kier molecular flexibility index (Phi) is 3.83. The second-order valence-electron chi connectivity index (χ2n) is 9.48. The maximum atomic E-state index is 13.2. The van der Waals surface area contributed by atoms with Gasteiger partial charge < -0.3 is 19.1 Å². The van der Waals surface area contributed by atoms with Crippen LogP contribution in [0.15, 0.2) is 30.4 Å². The Morgan fingerprint density at radius 1 is 1.14 bits per heavy atom. The SMILES string of the molecule is COc1ccc(C[C@H]2CO[C@]34[C@H](CCC(=O)N23)C[C@H]2[C@@H]4[C@H]3C=C[C@@H]2C3)cc1OC. The number of allylic oxidation sites excluding steroid dienone is 2. The number of hydrogen-bond acceptors (Lipinski definition) is 4. The molecule has 4 fully saturated rings. The van der Waals surface area contributed by atoms with Crippen molar-refractivity contribution in [1.29, 1.82) is 0 Å². The van der Waals surface area contributed by atoms with E-state index >= 15 is 0 Å². The van der Waals surface area contributed by atoms with Crippen molar-refractivity contribution in [1.82, 2.24) is 4.90 Å². The fourth-order valence-electron chi connectivity index (χ4n) is 7.43. The van der Waals surface area contributed by atoms with Gasteiger partial charge in [0.1, 0.15) is 5.72 Å². The van der Waals surface area contributed by atoms with Gasteiger partial charge in [0, 0.05) is 18.3 Å². The molecule has 6 rings (SSSR count). The molecule has 1 spiro atoms. The first-order chi connectivity index (χ1) is 14.2. The largest absolute Gasteiger partial charge is 0.493 e. The molecule has 5 aliphatic rings. The number of methoxy groups -OCH3 is 2. The quantitative estimate of drug-likeness (QED) is 0.733. The predicted molar refractivity (Wildman–Crippen MR) is 108 cm³/mol. The summed E-state index contributed by atoms with van der Waals surface area (Å²) >= 11 is 0. The first-order valence-corrected chi connectivity index (χ1v) is 11.0. The molecule has 1 aromatic carbocycles. The first-order valence-electron chi connectivity index (χ1n) is 11.0. The van der Waals surface area contributed by atoms with Crippen LogP contribution < -0.4 is 9.47 Å². The predicted octanol–water partition coefficient (Wildman–Crippen LogP) is 3.42. The van der Waals surface area contributed by atoms with Gasteiger partial charge in [-0.05, 0) is 61.1 Å². The highest BCUT2D eigenvalue weighted by molar-refractivity contribution is 5.79. The Labute approximate surface area is 172 Å². The average molecular weight is 395 g/mol. The zero-order valence-electron chi connectivity index (χ0n) is 17.2. The van der Waals surface area contributed by atoms with E-state index in [9.17, 15) is 4.79 Å². The van der Waals surface area contributed by atoms with E-state index in [0.29, 0.717) is 42.6 Å². The molecule has 0 N–H and O–H groups in total. The van der Waals surface area contributed by atoms with Crippen LogP contribution in [0.5, 0.6) is 11.5 Å². The van der Waals surface area contributed by atoms with E-state index in [4.69, 9.17) is 14.2 Å². The number of carbonyl (C=O) groups is 1. The second-order valence-corrected chi connectivity index (χ2v) is 9.48. The molecule has 154 valence electrons. The van der Waals surface area contributed by atoms with Crippen LogP contribution in [0.1, 0.15) is 31.2 Å². The van der Waals surface area contributed by atoms with Gasteiger partial charge >= 0.3 is 0 Å². The highest BCUT2D eigenvalue weighted by Gasteiger charge is 2.70. The molecular weight excluding hydrogens is 366 g/mol. The van der Waals surface area contributed by atoms with E-state index in [1.807, 2.05) is 12.1 Å². The zero-order valence-corrected chi connectivity index (χ0v) is 17.2. The molecule has 7 atom stereocenters. The monoisotopic (exact) mass is 395 g/mol. The maximum absolute atomic E-state index is 13.2. The number of fused-ring (bicyclic) bond motifs is 5. The molecule has 2 heterocycles. The lowest BCUT2D eigenvalue weighted by Crippen LogP contribution is -2.61.